The molecular weight excluding hydrogens is 596 g/mol. The predicted octanol–water partition coefficient (Wildman–Crippen LogP) is 6.32. The third-order valence-electron chi connectivity index (χ3n) is 4.70. The summed E-state index contributed by atoms with van der Waals surface area (Å²) in [6.45, 7) is 4.69. The number of hydrogen-bond donors (Lipinski definition) is 2. The zero-order chi connectivity index (χ0) is 32.2. The van der Waals surface area contributed by atoms with Crippen molar-refractivity contribution >= 4 is 17.5 Å². The summed E-state index contributed by atoms with van der Waals surface area (Å²) in [5.41, 5.74) is 0.372. The molecule has 228 valence electrons. The van der Waals surface area contributed by atoms with Gasteiger partial charge in [-0.3, -0.25) is 15.3 Å². The first-order chi connectivity index (χ1) is 19.8. The monoisotopic (exact) mass is 616 g/mol. The molecule has 0 aliphatic carbocycles. The van der Waals surface area contributed by atoms with Crippen molar-refractivity contribution < 1.29 is 44.7 Å². The number of rotatable bonds is 3. The molecular formula is C25H20F8N8O2. The van der Waals surface area contributed by atoms with E-state index < -0.39 is 58.4 Å². The molecule has 4 aromatic heterocycles. The Bertz CT molecular complexity index is 1610. The maximum absolute atomic E-state index is 13.2. The topological polar surface area (TPSA) is 142 Å². The molecule has 0 saturated heterocycles. The lowest BCUT2D eigenvalue weighted by Crippen LogP contribution is -2.28. The fraction of sp³-hybridized carbons (Fsp3) is 0.240. The average molecular weight is 616 g/mol. The molecule has 4 rings (SSSR count). The number of aromatic nitrogens is 6. The lowest BCUT2D eigenvalue weighted by molar-refractivity contribution is -0.141. The van der Waals surface area contributed by atoms with Crippen LogP contribution >= 0.6 is 0 Å². The molecule has 18 heteroatoms. The number of carbonyl (C=O) groups is 1. The van der Waals surface area contributed by atoms with E-state index in [-0.39, 0.29) is 22.8 Å². The molecule has 1 amide bonds. The quantitative estimate of drug-likeness (QED) is 0.253. The van der Waals surface area contributed by atoms with Crippen LogP contribution in [0.25, 0.3) is 22.8 Å². The van der Waals surface area contributed by atoms with Gasteiger partial charge >= 0.3 is 18.4 Å². The Hall–Kier alpha value is -5.03. The van der Waals surface area contributed by atoms with E-state index >= 15 is 0 Å². The Balaban J connectivity index is 0.000000248. The number of nitrogens with one attached hydrogen (secondary N) is 1. The van der Waals surface area contributed by atoms with E-state index in [0.29, 0.717) is 0 Å². The number of hydrogen-bond acceptors (Lipinski definition) is 9. The van der Waals surface area contributed by atoms with Crippen LogP contribution in [0.15, 0.2) is 49.3 Å². The lowest BCUT2D eigenvalue weighted by Gasteiger charge is -2.20. The zero-order valence-corrected chi connectivity index (χ0v) is 22.2. The van der Waals surface area contributed by atoms with Gasteiger partial charge in [0.2, 0.25) is 0 Å². The van der Waals surface area contributed by atoms with Gasteiger partial charge in [0.25, 0.3) is 0 Å². The van der Waals surface area contributed by atoms with Gasteiger partial charge in [-0.1, -0.05) is 0 Å². The number of nitrogen functional groups attached to an aromatic ring is 1. The molecule has 3 N–H and O–H groups in total. The Morgan fingerprint density at radius 1 is 0.744 bits per heavy atom. The molecule has 0 unspecified atom stereocenters. The molecule has 0 aliphatic rings. The van der Waals surface area contributed by atoms with Crippen LogP contribution in [-0.2, 0) is 17.1 Å². The minimum absolute atomic E-state index is 0.0330. The molecule has 0 aliphatic heterocycles. The van der Waals surface area contributed by atoms with Gasteiger partial charge in [0.15, 0.2) is 23.0 Å². The number of alkyl halides is 6. The highest BCUT2D eigenvalue weighted by molar-refractivity contribution is 5.85. The van der Waals surface area contributed by atoms with Crippen molar-refractivity contribution in [1.29, 1.82) is 0 Å². The first-order valence-corrected chi connectivity index (χ1v) is 11.7. The molecule has 4 aromatic rings. The van der Waals surface area contributed by atoms with E-state index in [1.165, 1.54) is 0 Å². The van der Waals surface area contributed by atoms with Crippen LogP contribution in [-0.4, -0.2) is 41.6 Å². The molecule has 0 atom stereocenters. The highest BCUT2D eigenvalue weighted by atomic mass is 19.4. The summed E-state index contributed by atoms with van der Waals surface area (Å²) in [7, 11) is 0. The molecule has 10 nitrogen and oxygen atoms in total. The second-order valence-electron chi connectivity index (χ2n) is 9.36. The number of anilines is 2. The molecule has 4 heterocycles. The van der Waals surface area contributed by atoms with Crippen molar-refractivity contribution in [3.05, 3.63) is 72.3 Å². The van der Waals surface area contributed by atoms with Gasteiger partial charge in [-0.05, 0) is 32.9 Å². The number of nitrogens with zero attached hydrogens (tertiary/aromatic N) is 6. The summed E-state index contributed by atoms with van der Waals surface area (Å²) in [6.07, 6.45) is -4.94. The first-order valence-electron chi connectivity index (χ1n) is 11.7. The largest absolute Gasteiger partial charge is 0.444 e. The van der Waals surface area contributed by atoms with Crippen LogP contribution in [0.5, 0.6) is 0 Å². The molecule has 0 radical (unpaired) electrons. The lowest BCUT2D eigenvalue weighted by atomic mass is 10.2. The van der Waals surface area contributed by atoms with Crippen LogP contribution in [0.4, 0.5) is 51.3 Å². The normalized spacial score (nSPS) is 11.8. The van der Waals surface area contributed by atoms with E-state index in [1.807, 2.05) is 5.32 Å². The number of halogens is 8. The SMILES string of the molecule is CC(C)(C)OC(=O)Nc1cnc(-c2cncc(F)c2)nc1C(F)(F)F.Nc1cnc(-c2cncc(F)c2)nc1C(F)(F)F. The summed E-state index contributed by atoms with van der Waals surface area (Å²) in [5.74, 6) is -2.11. The van der Waals surface area contributed by atoms with Crippen LogP contribution in [0.3, 0.4) is 0 Å². The second-order valence-corrected chi connectivity index (χ2v) is 9.36. The van der Waals surface area contributed by atoms with Gasteiger partial charge in [-0.15, -0.1) is 0 Å². The molecule has 43 heavy (non-hydrogen) atoms. The van der Waals surface area contributed by atoms with Gasteiger partial charge < -0.3 is 10.5 Å². The summed E-state index contributed by atoms with van der Waals surface area (Å²) in [6, 6.07) is 1.93. The molecule has 0 spiro atoms. The van der Waals surface area contributed by atoms with Crippen molar-refractivity contribution in [2.24, 2.45) is 0 Å². The Labute approximate surface area is 237 Å². The summed E-state index contributed by atoms with van der Waals surface area (Å²) >= 11 is 0. The average Bonchev–Trinajstić information content (AvgIpc) is 2.87. The van der Waals surface area contributed by atoms with Crippen molar-refractivity contribution in [2.75, 3.05) is 11.1 Å². The van der Waals surface area contributed by atoms with E-state index in [1.54, 1.807) is 20.8 Å². The highest BCUT2D eigenvalue weighted by Gasteiger charge is 2.38. The van der Waals surface area contributed by atoms with E-state index in [4.69, 9.17) is 10.5 Å². The number of pyridine rings is 2. The summed E-state index contributed by atoms with van der Waals surface area (Å²) < 4.78 is 108. The fourth-order valence-electron chi connectivity index (χ4n) is 3.07. The molecule has 0 saturated carbocycles. The van der Waals surface area contributed by atoms with E-state index in [9.17, 15) is 39.9 Å². The van der Waals surface area contributed by atoms with Gasteiger partial charge in [0.05, 0.1) is 36.2 Å². The second kappa shape index (κ2) is 12.5. The van der Waals surface area contributed by atoms with Crippen LogP contribution in [0.1, 0.15) is 32.2 Å². The minimum atomic E-state index is -4.87. The highest BCUT2D eigenvalue weighted by Crippen LogP contribution is 2.35. The van der Waals surface area contributed by atoms with Crippen LogP contribution < -0.4 is 11.1 Å². The van der Waals surface area contributed by atoms with E-state index in [0.717, 1.165) is 49.3 Å². The Morgan fingerprint density at radius 3 is 1.65 bits per heavy atom. The van der Waals surface area contributed by atoms with Gasteiger partial charge in [-0.25, -0.2) is 33.5 Å². The number of ether oxygens (including phenoxy) is 1. The fourth-order valence-corrected chi connectivity index (χ4v) is 3.07. The van der Waals surface area contributed by atoms with E-state index in [2.05, 4.69) is 29.9 Å². The Morgan fingerprint density at radius 2 is 1.21 bits per heavy atom. The third kappa shape index (κ3) is 9.23. The number of amides is 1. The maximum Gasteiger partial charge on any atom is 0.435 e. The van der Waals surface area contributed by atoms with Gasteiger partial charge in [-0.2, -0.15) is 26.3 Å². The molecule has 0 bridgehead atoms. The summed E-state index contributed by atoms with van der Waals surface area (Å²) in [4.78, 5) is 32.8. The van der Waals surface area contributed by atoms with Crippen LogP contribution in [0, 0.1) is 11.6 Å². The smallest absolute Gasteiger partial charge is 0.435 e. The summed E-state index contributed by atoms with van der Waals surface area (Å²) in [5, 5.41) is 1.97. The molecule has 0 fully saturated rings. The third-order valence-corrected chi connectivity index (χ3v) is 4.70. The van der Waals surface area contributed by atoms with Crippen molar-refractivity contribution in [3.8, 4) is 22.8 Å². The Kier molecular flexibility index (Phi) is 9.41. The number of carbonyl (C=O) groups excluding carboxylic acids is 1. The van der Waals surface area contributed by atoms with Gasteiger partial charge in [0.1, 0.15) is 17.2 Å². The standard InChI is InChI=1S/C15H14F4N4O2.C10H6F4N4/c1-14(2,3)25-13(24)22-10-7-21-12(23-11(10)15(17,18)19)8-4-9(16)6-20-5-8;11-6-1-5(2-16-3-6)9-17-4-7(15)8(18-9)10(12,13)14/h4-7H,1-3H3,(H,22,24);1-4H,15H2. The minimum Gasteiger partial charge on any atom is -0.444 e. The molecule has 0 aromatic carbocycles. The van der Waals surface area contributed by atoms with Crippen molar-refractivity contribution in [2.45, 2.75) is 38.7 Å². The zero-order valence-electron chi connectivity index (χ0n) is 22.2. The van der Waals surface area contributed by atoms with Crippen molar-refractivity contribution in [1.82, 2.24) is 29.9 Å². The first kappa shape index (κ1) is 32.5. The predicted molar refractivity (Wildman–Crippen MR) is 135 cm³/mol. The van der Waals surface area contributed by atoms with Crippen molar-refractivity contribution in [3.63, 3.8) is 0 Å². The maximum atomic E-state index is 13.2. The van der Waals surface area contributed by atoms with Gasteiger partial charge in [0, 0.05) is 23.5 Å². The number of nitrogens with two attached hydrogens (primary N) is 1. The van der Waals surface area contributed by atoms with Crippen LogP contribution in [0.2, 0.25) is 0 Å².